The van der Waals surface area contributed by atoms with Gasteiger partial charge in [-0.2, -0.15) is 0 Å². The number of hydrogen-bond acceptors (Lipinski definition) is 4. The van der Waals surface area contributed by atoms with Crippen LogP contribution in [0.3, 0.4) is 0 Å². The van der Waals surface area contributed by atoms with Gasteiger partial charge in [0.1, 0.15) is 0 Å². The van der Waals surface area contributed by atoms with Crippen LogP contribution in [-0.2, 0) is 13.9 Å². The summed E-state index contributed by atoms with van der Waals surface area (Å²) in [5, 5.41) is 0. The average Bonchev–Trinajstić information content (AvgIpc) is 1.21. The third kappa shape index (κ3) is 15.8. The maximum absolute atomic E-state index is 9.74. The van der Waals surface area contributed by atoms with E-state index in [9.17, 15) is 9.36 Å². The molecule has 0 amide bonds. The maximum Gasteiger partial charge on any atom is 2.00 e. The summed E-state index contributed by atoms with van der Waals surface area (Å²) >= 11 is 0. The zero-order valence-electron chi connectivity index (χ0n) is 7.48. The van der Waals surface area contributed by atoms with Crippen molar-refractivity contribution in [3.05, 3.63) is 0 Å². The van der Waals surface area contributed by atoms with E-state index in [4.69, 9.17) is 9.79 Å². The van der Waals surface area contributed by atoms with Crippen molar-refractivity contribution in [2.24, 2.45) is 0 Å². The van der Waals surface area contributed by atoms with Crippen molar-refractivity contribution in [3.8, 4) is 0 Å². The molecular weight excluding hydrogens is 173 g/mol. The molecule has 0 saturated heterocycles. The summed E-state index contributed by atoms with van der Waals surface area (Å²) in [6.07, 6.45) is 0. The Morgan fingerprint density at radius 2 is 1.90 bits per heavy atom. The Hall–Kier alpha value is 0.346. The van der Waals surface area contributed by atoms with Crippen LogP contribution in [0.25, 0.3) is 0 Å². The molecule has 0 spiro atoms. The molecule has 0 saturated carbocycles. The molecule has 0 aromatic rings. The second kappa shape index (κ2) is 6.08. The maximum atomic E-state index is 9.74. The molecule has 8 heteroatoms. The first-order valence-corrected chi connectivity index (χ1v) is 3.20. The normalized spacial score (nSPS) is 8.70. The minimum atomic E-state index is -4.57. The molecule has 0 radical (unpaired) electrons. The topological polar surface area (TPSA) is 119 Å². The van der Waals surface area contributed by atoms with Gasteiger partial charge in [0.2, 0.25) is 0 Å². The van der Waals surface area contributed by atoms with Crippen LogP contribution < -0.4 is 6.15 Å². The molecule has 0 bridgehead atoms. The van der Waals surface area contributed by atoms with Gasteiger partial charge in [0, 0.05) is 6.92 Å². The first-order chi connectivity index (χ1) is 3.42. The van der Waals surface area contributed by atoms with Crippen LogP contribution in [-0.4, -0.2) is 38.8 Å². The van der Waals surface area contributed by atoms with E-state index in [1.165, 1.54) is 0 Å². The third-order valence-corrected chi connectivity index (χ3v) is 0.742. The molecule has 5 N–H and O–H groups in total. The molecule has 6 nitrogen and oxygen atoms in total. The molecule has 60 valence electrons. The van der Waals surface area contributed by atoms with Crippen LogP contribution in [0.5, 0.6) is 0 Å². The average molecular weight is 183 g/mol. The molecule has 0 aromatic carbocycles. The molecule has 0 aliphatic rings. The zero-order valence-corrected chi connectivity index (χ0v) is 7.79. The molecule has 0 fully saturated rings. The summed E-state index contributed by atoms with van der Waals surface area (Å²) in [6.45, 7) is 0.916. The summed E-state index contributed by atoms with van der Waals surface area (Å²) in [5.41, 5.74) is 0. The van der Waals surface area contributed by atoms with Crippen molar-refractivity contribution in [1.82, 2.24) is 6.15 Å². The van der Waals surface area contributed by atoms with E-state index in [0.717, 1.165) is 6.92 Å². The van der Waals surface area contributed by atoms with Gasteiger partial charge >= 0.3 is 36.8 Å². The monoisotopic (exact) mass is 183 g/mol. The Morgan fingerprint density at radius 1 is 1.60 bits per heavy atom. The molecule has 0 unspecified atom stereocenters. The van der Waals surface area contributed by atoms with E-state index < -0.39 is 13.8 Å². The minimum Gasteiger partial charge on any atom is -1.00 e. The fourth-order valence-corrected chi connectivity index (χ4v) is 0.502. The van der Waals surface area contributed by atoms with Gasteiger partial charge in [-0.15, -0.1) is 0 Å². The minimum absolute atomic E-state index is 0. The van der Waals surface area contributed by atoms with Crippen molar-refractivity contribution in [3.63, 3.8) is 0 Å². The van der Waals surface area contributed by atoms with Crippen molar-refractivity contribution >= 4 is 36.8 Å². The first-order valence-electron chi connectivity index (χ1n) is 1.67. The van der Waals surface area contributed by atoms with Gasteiger partial charge in [0.15, 0.2) is 0 Å². The quantitative estimate of drug-likeness (QED) is 0.377. The van der Waals surface area contributed by atoms with Crippen molar-refractivity contribution in [2.75, 3.05) is 0 Å². The number of carbonyl (C=O) groups is 1. The second-order valence-electron chi connectivity index (χ2n) is 1.07. The first kappa shape index (κ1) is 16.7. The van der Waals surface area contributed by atoms with E-state index in [1.54, 1.807) is 0 Å². The van der Waals surface area contributed by atoms with Crippen LogP contribution in [0.15, 0.2) is 0 Å². The predicted molar refractivity (Wildman–Crippen MR) is 36.8 cm³/mol. The number of rotatable bonds is 1. The van der Waals surface area contributed by atoms with Crippen LogP contribution in [0.2, 0.25) is 0 Å². The van der Waals surface area contributed by atoms with Gasteiger partial charge in [-0.1, -0.05) is 0 Å². The SMILES string of the molecule is CC(=O)OP(=O)(O)O.N.[H-].[H-].[Mg+2]. The fourth-order valence-electron chi connectivity index (χ4n) is 0.167. The molecular formula is C2H10MgNO5P. The Kier molecular flexibility index (Phi) is 10.2. The van der Waals surface area contributed by atoms with Crippen LogP contribution >= 0.6 is 7.82 Å². The summed E-state index contributed by atoms with van der Waals surface area (Å²) in [4.78, 5) is 25.5. The number of phosphoric ester groups is 1. The summed E-state index contributed by atoms with van der Waals surface area (Å²) in [7, 11) is -4.57. The van der Waals surface area contributed by atoms with Crippen molar-refractivity contribution < 1.29 is 26.5 Å². The van der Waals surface area contributed by atoms with E-state index in [0.29, 0.717) is 0 Å². The second-order valence-corrected chi connectivity index (χ2v) is 2.24. The smallest absolute Gasteiger partial charge is 1.00 e. The summed E-state index contributed by atoms with van der Waals surface area (Å²) < 4.78 is 13.2. The fraction of sp³-hybridized carbons (Fsp3) is 0.500. The molecule has 0 aliphatic carbocycles. The standard InChI is InChI=1S/C2H5O5P.Mg.H3N.2H/c1-2(3)7-8(4,5)6;;;;/h1H3,(H2,4,5,6);;1H3;;/q;+2;;2*-1. The van der Waals surface area contributed by atoms with Gasteiger partial charge < -0.3 is 13.5 Å². The van der Waals surface area contributed by atoms with E-state index in [-0.39, 0.29) is 32.1 Å². The van der Waals surface area contributed by atoms with Crippen molar-refractivity contribution in [2.45, 2.75) is 6.92 Å². The van der Waals surface area contributed by atoms with Gasteiger partial charge in [-0.05, 0) is 0 Å². The summed E-state index contributed by atoms with van der Waals surface area (Å²) in [5.74, 6) is -0.988. The molecule has 0 atom stereocenters. The molecule has 0 heterocycles. The number of phosphoric acid groups is 1. The van der Waals surface area contributed by atoms with E-state index in [1.807, 2.05) is 0 Å². The van der Waals surface area contributed by atoms with Crippen LogP contribution in [0, 0.1) is 0 Å². The Labute approximate surface area is 76.9 Å². The van der Waals surface area contributed by atoms with Crippen LogP contribution in [0.4, 0.5) is 0 Å². The molecule has 10 heavy (non-hydrogen) atoms. The predicted octanol–water partition coefficient (Wildman–Crippen LogP) is -0.352. The van der Waals surface area contributed by atoms with E-state index in [2.05, 4.69) is 4.52 Å². The Bertz CT molecular complexity index is 150. The largest absolute Gasteiger partial charge is 2.00 e. The molecule has 0 aromatic heterocycles. The van der Waals surface area contributed by atoms with E-state index >= 15 is 0 Å². The zero-order chi connectivity index (χ0) is 6.78. The van der Waals surface area contributed by atoms with Gasteiger partial charge in [-0.25, -0.2) is 4.57 Å². The Balaban J connectivity index is -0.0000000408. The third-order valence-electron chi connectivity index (χ3n) is 0.247. The number of carbonyl (C=O) groups excluding carboxylic acids is 1. The Morgan fingerprint density at radius 3 is 1.90 bits per heavy atom. The van der Waals surface area contributed by atoms with Gasteiger partial charge in [0.05, 0.1) is 0 Å². The van der Waals surface area contributed by atoms with Crippen molar-refractivity contribution in [1.29, 1.82) is 0 Å². The molecule has 0 aliphatic heterocycles. The van der Waals surface area contributed by atoms with Gasteiger partial charge in [-0.3, -0.25) is 14.6 Å². The number of hydrogen-bond donors (Lipinski definition) is 3. The molecule has 0 rings (SSSR count). The van der Waals surface area contributed by atoms with Crippen LogP contribution in [0.1, 0.15) is 9.78 Å². The summed E-state index contributed by atoms with van der Waals surface area (Å²) in [6, 6.07) is 0. The van der Waals surface area contributed by atoms with Gasteiger partial charge in [0.25, 0.3) is 0 Å².